The van der Waals surface area contributed by atoms with Crippen LogP contribution in [-0.2, 0) is 11.3 Å². The number of carbonyl (C=O) groups excluding carboxylic acids is 1. The maximum absolute atomic E-state index is 12.1. The van der Waals surface area contributed by atoms with Crippen LogP contribution in [-0.4, -0.2) is 24.4 Å². The summed E-state index contributed by atoms with van der Waals surface area (Å²) in [5.41, 5.74) is 0.380. The fourth-order valence-corrected chi connectivity index (χ4v) is 4.32. The quantitative estimate of drug-likeness (QED) is 0.659. The van der Waals surface area contributed by atoms with Gasteiger partial charge in [-0.3, -0.25) is 9.69 Å². The van der Waals surface area contributed by atoms with Crippen molar-refractivity contribution in [2.45, 2.75) is 6.54 Å². The number of hydrogen-bond acceptors (Lipinski definition) is 3. The minimum atomic E-state index is -0.191. The highest BCUT2D eigenvalue weighted by atomic mass is 79.9. The van der Waals surface area contributed by atoms with E-state index in [0.717, 1.165) is 3.79 Å². The third kappa shape index (κ3) is 5.11. The van der Waals surface area contributed by atoms with Gasteiger partial charge in [0.05, 0.1) is 26.1 Å². The van der Waals surface area contributed by atoms with Gasteiger partial charge in [0.25, 0.3) is 0 Å². The van der Waals surface area contributed by atoms with Gasteiger partial charge in [-0.1, -0.05) is 34.8 Å². The molecule has 0 radical (unpaired) electrons. The zero-order chi connectivity index (χ0) is 16.3. The van der Waals surface area contributed by atoms with Gasteiger partial charge in [-0.15, -0.1) is 11.3 Å². The van der Waals surface area contributed by atoms with Crippen molar-refractivity contribution < 1.29 is 4.79 Å². The Balaban J connectivity index is 1.95. The second-order valence-corrected chi connectivity index (χ2v) is 8.47. The Hall–Kier alpha value is -0.300. The average molecular weight is 443 g/mol. The Morgan fingerprint density at radius 3 is 2.45 bits per heavy atom. The van der Waals surface area contributed by atoms with Crippen molar-refractivity contribution >= 4 is 73.7 Å². The number of likely N-dealkylation sites (N-methyl/N-ethyl adjacent to an activating group) is 1. The van der Waals surface area contributed by atoms with Crippen LogP contribution in [0.25, 0.3) is 0 Å². The summed E-state index contributed by atoms with van der Waals surface area (Å²) >= 11 is 23.0. The molecule has 0 atom stereocenters. The third-order valence-electron chi connectivity index (χ3n) is 2.74. The summed E-state index contributed by atoms with van der Waals surface area (Å²) < 4.78 is 1.07. The van der Waals surface area contributed by atoms with Crippen LogP contribution in [0.5, 0.6) is 0 Å². The number of nitrogens with zero attached hydrogens (tertiary/aromatic N) is 1. The van der Waals surface area contributed by atoms with Crippen LogP contribution in [0.3, 0.4) is 0 Å². The smallest absolute Gasteiger partial charge is 0.238 e. The molecular formula is C14H12BrCl3N2OS. The molecule has 0 aliphatic heterocycles. The molecule has 1 heterocycles. The lowest BCUT2D eigenvalue weighted by Crippen LogP contribution is -2.29. The van der Waals surface area contributed by atoms with Gasteiger partial charge in [0, 0.05) is 16.4 Å². The predicted molar refractivity (Wildman–Crippen MR) is 98.5 cm³/mol. The second kappa shape index (κ2) is 7.99. The van der Waals surface area contributed by atoms with Crippen molar-refractivity contribution in [3.63, 3.8) is 0 Å². The van der Waals surface area contributed by atoms with E-state index in [1.165, 1.54) is 17.0 Å². The van der Waals surface area contributed by atoms with E-state index < -0.39 is 0 Å². The fraction of sp³-hybridized carbons (Fsp3) is 0.214. The number of thiophene rings is 1. The molecular weight excluding hydrogens is 430 g/mol. The number of hydrogen-bond donors (Lipinski definition) is 1. The highest BCUT2D eigenvalue weighted by Gasteiger charge is 2.13. The second-order valence-electron chi connectivity index (χ2n) is 4.67. The maximum atomic E-state index is 12.1. The van der Waals surface area contributed by atoms with Gasteiger partial charge >= 0.3 is 0 Å². The van der Waals surface area contributed by atoms with Gasteiger partial charge in [-0.05, 0) is 47.2 Å². The van der Waals surface area contributed by atoms with E-state index in [4.69, 9.17) is 34.8 Å². The van der Waals surface area contributed by atoms with Gasteiger partial charge < -0.3 is 5.32 Å². The molecule has 1 aromatic heterocycles. The lowest BCUT2D eigenvalue weighted by atomic mass is 10.3. The zero-order valence-corrected chi connectivity index (χ0v) is 16.2. The molecule has 0 saturated carbocycles. The summed E-state index contributed by atoms with van der Waals surface area (Å²) in [6.07, 6.45) is 0. The summed E-state index contributed by atoms with van der Waals surface area (Å²) in [4.78, 5) is 15.2. The molecule has 0 unspecified atom stereocenters. The predicted octanol–water partition coefficient (Wildman–Crippen LogP) is 5.54. The van der Waals surface area contributed by atoms with Crippen LogP contribution in [0, 0.1) is 0 Å². The Morgan fingerprint density at radius 2 is 1.91 bits per heavy atom. The molecule has 3 nitrogen and oxygen atoms in total. The van der Waals surface area contributed by atoms with Gasteiger partial charge in [0.1, 0.15) is 0 Å². The topological polar surface area (TPSA) is 32.3 Å². The van der Waals surface area contributed by atoms with Gasteiger partial charge in [0.15, 0.2) is 0 Å². The molecule has 0 aliphatic rings. The van der Waals surface area contributed by atoms with Crippen molar-refractivity contribution in [1.82, 2.24) is 4.90 Å². The van der Waals surface area contributed by atoms with E-state index in [-0.39, 0.29) is 12.5 Å². The van der Waals surface area contributed by atoms with E-state index in [1.54, 1.807) is 11.3 Å². The van der Waals surface area contributed by atoms with Gasteiger partial charge in [0.2, 0.25) is 5.91 Å². The molecule has 1 aromatic carbocycles. The van der Waals surface area contributed by atoms with Crippen LogP contribution in [0.15, 0.2) is 28.1 Å². The first kappa shape index (κ1) is 18.0. The van der Waals surface area contributed by atoms with Crippen molar-refractivity contribution in [3.05, 3.63) is 48.0 Å². The van der Waals surface area contributed by atoms with Gasteiger partial charge in [-0.2, -0.15) is 0 Å². The van der Waals surface area contributed by atoms with Crippen LogP contribution in [0.1, 0.15) is 4.88 Å². The van der Waals surface area contributed by atoms with Crippen molar-refractivity contribution in [2.75, 3.05) is 18.9 Å². The number of carbonyl (C=O) groups is 1. The standard InChI is InChI=1S/C14H12BrCl3N2OS/c1-20(6-9-2-3-12(15)22-9)7-13(21)19-14-10(17)4-8(16)5-11(14)18/h2-5H,6-7H2,1H3,(H,19,21). The number of rotatable bonds is 5. The van der Waals surface area contributed by atoms with E-state index in [2.05, 4.69) is 21.2 Å². The molecule has 2 aromatic rings. The maximum Gasteiger partial charge on any atom is 0.238 e. The van der Waals surface area contributed by atoms with Crippen LogP contribution in [0.4, 0.5) is 5.69 Å². The minimum absolute atomic E-state index is 0.191. The number of nitrogens with one attached hydrogen (secondary N) is 1. The first-order valence-electron chi connectivity index (χ1n) is 6.22. The lowest BCUT2D eigenvalue weighted by Gasteiger charge is -2.16. The van der Waals surface area contributed by atoms with E-state index in [9.17, 15) is 4.79 Å². The number of halogens is 4. The highest BCUT2D eigenvalue weighted by Crippen LogP contribution is 2.33. The summed E-state index contributed by atoms with van der Waals surface area (Å²) in [5.74, 6) is -0.191. The number of anilines is 1. The van der Waals surface area contributed by atoms with Crippen molar-refractivity contribution in [2.24, 2.45) is 0 Å². The third-order valence-corrected chi connectivity index (χ3v) is 5.16. The largest absolute Gasteiger partial charge is 0.322 e. The first-order valence-corrected chi connectivity index (χ1v) is 8.96. The first-order chi connectivity index (χ1) is 10.3. The molecule has 0 bridgehead atoms. The lowest BCUT2D eigenvalue weighted by molar-refractivity contribution is -0.117. The molecule has 22 heavy (non-hydrogen) atoms. The molecule has 0 fully saturated rings. The summed E-state index contributed by atoms with van der Waals surface area (Å²) in [6.45, 7) is 0.913. The Kier molecular flexibility index (Phi) is 6.56. The Morgan fingerprint density at radius 1 is 1.27 bits per heavy atom. The molecule has 1 amide bonds. The molecule has 0 aliphatic carbocycles. The normalized spacial score (nSPS) is 11.0. The van der Waals surface area contributed by atoms with Gasteiger partial charge in [-0.25, -0.2) is 0 Å². The van der Waals surface area contributed by atoms with Crippen molar-refractivity contribution in [3.8, 4) is 0 Å². The average Bonchev–Trinajstić information content (AvgIpc) is 2.79. The molecule has 118 valence electrons. The van der Waals surface area contributed by atoms with E-state index in [1.807, 2.05) is 24.1 Å². The Bertz CT molecular complexity index is 669. The molecule has 0 spiro atoms. The van der Waals surface area contributed by atoms with E-state index in [0.29, 0.717) is 27.3 Å². The highest BCUT2D eigenvalue weighted by molar-refractivity contribution is 9.11. The monoisotopic (exact) mass is 440 g/mol. The molecule has 8 heteroatoms. The molecule has 1 N–H and O–H groups in total. The summed E-state index contributed by atoms with van der Waals surface area (Å²) in [5, 5.41) is 3.77. The van der Waals surface area contributed by atoms with Crippen LogP contribution < -0.4 is 5.32 Å². The van der Waals surface area contributed by atoms with Crippen LogP contribution >= 0.6 is 62.1 Å². The Labute approximate surface area is 156 Å². The van der Waals surface area contributed by atoms with E-state index >= 15 is 0 Å². The fourth-order valence-electron chi connectivity index (χ4n) is 1.84. The summed E-state index contributed by atoms with van der Waals surface area (Å²) in [7, 11) is 1.87. The zero-order valence-electron chi connectivity index (χ0n) is 11.5. The molecule has 2 rings (SSSR count). The van der Waals surface area contributed by atoms with Crippen molar-refractivity contribution in [1.29, 1.82) is 0 Å². The van der Waals surface area contributed by atoms with Crippen LogP contribution in [0.2, 0.25) is 15.1 Å². The SMILES string of the molecule is CN(CC(=O)Nc1c(Cl)cc(Cl)cc1Cl)Cc1ccc(Br)s1. The summed E-state index contributed by atoms with van der Waals surface area (Å²) in [6, 6.07) is 7.09. The number of benzene rings is 1. The number of amides is 1. The minimum Gasteiger partial charge on any atom is -0.322 e. The molecule has 0 saturated heterocycles.